The fourth-order valence-corrected chi connectivity index (χ4v) is 2.38. The molecule has 3 aromatic rings. The van der Waals surface area contributed by atoms with Crippen LogP contribution in [0.5, 0.6) is 5.75 Å². The molecule has 0 saturated carbocycles. The average Bonchev–Trinajstić information content (AvgIpc) is 2.87. The van der Waals surface area contributed by atoms with Crippen molar-refractivity contribution in [1.29, 1.82) is 0 Å². The number of ether oxygens (including phenoxy) is 1. The molecule has 0 amide bonds. The van der Waals surface area contributed by atoms with Gasteiger partial charge in [0.05, 0.1) is 11.0 Å². The Labute approximate surface area is 118 Å². The zero-order valence-corrected chi connectivity index (χ0v) is 12.0. The first kappa shape index (κ1) is 12.7. The Hall–Kier alpha value is -2.29. The zero-order chi connectivity index (χ0) is 14.1. The average molecular weight is 266 g/mol. The molecule has 0 aliphatic carbocycles. The third kappa shape index (κ3) is 2.27. The number of hydrogen-bond acceptors (Lipinski definition) is 2. The van der Waals surface area contributed by atoms with E-state index in [4.69, 9.17) is 4.74 Å². The van der Waals surface area contributed by atoms with E-state index in [2.05, 4.69) is 35.9 Å². The highest BCUT2D eigenvalue weighted by Gasteiger charge is 2.14. The van der Waals surface area contributed by atoms with E-state index >= 15 is 0 Å². The molecule has 0 fully saturated rings. The Kier molecular flexibility index (Phi) is 3.18. The molecule has 1 N–H and O–H groups in total. The molecular formula is C17H18N2O. The number of nitrogens with one attached hydrogen (secondary N) is 1. The normalized spacial score (nSPS) is 12.6. The summed E-state index contributed by atoms with van der Waals surface area (Å²) in [6.07, 6.45) is -0.109. The first-order valence-corrected chi connectivity index (χ1v) is 6.82. The molecule has 20 heavy (non-hydrogen) atoms. The zero-order valence-electron chi connectivity index (χ0n) is 12.0. The summed E-state index contributed by atoms with van der Waals surface area (Å²) in [5, 5.41) is 0. The second-order valence-electron chi connectivity index (χ2n) is 5.12. The number of rotatable bonds is 3. The van der Waals surface area contributed by atoms with Crippen molar-refractivity contribution < 1.29 is 4.74 Å². The fourth-order valence-electron chi connectivity index (χ4n) is 2.38. The number of imidazole rings is 1. The molecule has 102 valence electrons. The van der Waals surface area contributed by atoms with E-state index in [1.165, 1.54) is 0 Å². The summed E-state index contributed by atoms with van der Waals surface area (Å²) < 4.78 is 6.10. The van der Waals surface area contributed by atoms with Crippen LogP contribution in [0.25, 0.3) is 11.0 Å². The van der Waals surface area contributed by atoms with Crippen molar-refractivity contribution in [3.05, 3.63) is 59.4 Å². The number of H-pyrrole nitrogens is 1. The highest BCUT2D eigenvalue weighted by atomic mass is 16.5. The van der Waals surface area contributed by atoms with Gasteiger partial charge in [-0.2, -0.15) is 0 Å². The number of nitrogens with zero attached hydrogens (tertiary/aromatic N) is 1. The van der Waals surface area contributed by atoms with Crippen molar-refractivity contribution in [2.75, 3.05) is 0 Å². The first-order valence-electron chi connectivity index (χ1n) is 6.82. The van der Waals surface area contributed by atoms with Crippen LogP contribution >= 0.6 is 0 Å². The summed E-state index contributed by atoms with van der Waals surface area (Å²) >= 11 is 0. The third-order valence-electron chi connectivity index (χ3n) is 3.50. The fraction of sp³-hybridized carbons (Fsp3) is 0.235. The molecule has 3 rings (SSSR count). The predicted molar refractivity (Wildman–Crippen MR) is 81.1 cm³/mol. The summed E-state index contributed by atoms with van der Waals surface area (Å²) in [5.41, 5.74) is 4.31. The van der Waals surface area contributed by atoms with Crippen LogP contribution in [0.2, 0.25) is 0 Å². The van der Waals surface area contributed by atoms with E-state index in [-0.39, 0.29) is 6.10 Å². The molecule has 2 aromatic carbocycles. The Balaban J connectivity index is 1.91. The van der Waals surface area contributed by atoms with E-state index in [1.807, 2.05) is 37.3 Å². The molecule has 1 atom stereocenters. The summed E-state index contributed by atoms with van der Waals surface area (Å²) in [6.45, 7) is 6.14. The molecular weight excluding hydrogens is 248 g/mol. The lowest BCUT2D eigenvalue weighted by Gasteiger charge is -2.16. The minimum absolute atomic E-state index is 0.109. The van der Waals surface area contributed by atoms with Gasteiger partial charge >= 0.3 is 0 Å². The quantitative estimate of drug-likeness (QED) is 0.766. The standard InChI is InChI=1S/C17H18N2O/c1-11-7-6-8-12(2)16(11)20-13(3)17-18-14-9-4-5-10-15(14)19-17/h4-10,13H,1-3H3,(H,18,19)/t13-/m0/s1. The topological polar surface area (TPSA) is 37.9 Å². The van der Waals surface area contributed by atoms with Crippen LogP contribution < -0.4 is 4.74 Å². The van der Waals surface area contributed by atoms with E-state index in [1.54, 1.807) is 0 Å². The number of aryl methyl sites for hydroxylation is 2. The monoisotopic (exact) mass is 266 g/mol. The van der Waals surface area contributed by atoms with Crippen LogP contribution in [0.15, 0.2) is 42.5 Å². The summed E-state index contributed by atoms with van der Waals surface area (Å²) in [5.74, 6) is 1.80. The van der Waals surface area contributed by atoms with Gasteiger partial charge in [-0.15, -0.1) is 0 Å². The number of fused-ring (bicyclic) bond motifs is 1. The van der Waals surface area contributed by atoms with Gasteiger partial charge in [0, 0.05) is 0 Å². The van der Waals surface area contributed by atoms with E-state index in [9.17, 15) is 0 Å². The van der Waals surface area contributed by atoms with Crippen molar-refractivity contribution in [3.63, 3.8) is 0 Å². The Morgan fingerprint density at radius 1 is 1.00 bits per heavy atom. The minimum atomic E-state index is -0.109. The number of hydrogen-bond donors (Lipinski definition) is 1. The molecule has 0 saturated heterocycles. The molecule has 1 aromatic heterocycles. The van der Waals surface area contributed by atoms with Gasteiger partial charge in [0.2, 0.25) is 0 Å². The van der Waals surface area contributed by atoms with Crippen LogP contribution in [0, 0.1) is 13.8 Å². The van der Waals surface area contributed by atoms with Crippen molar-refractivity contribution in [3.8, 4) is 5.75 Å². The Morgan fingerprint density at radius 2 is 1.70 bits per heavy atom. The maximum atomic E-state index is 6.10. The number of benzene rings is 2. The highest BCUT2D eigenvalue weighted by Crippen LogP contribution is 2.28. The minimum Gasteiger partial charge on any atom is -0.482 e. The Bertz CT molecular complexity index is 692. The number of aromatic amines is 1. The molecule has 0 aliphatic rings. The van der Waals surface area contributed by atoms with Gasteiger partial charge in [-0.05, 0) is 44.0 Å². The number of para-hydroxylation sites is 3. The van der Waals surface area contributed by atoms with Crippen LogP contribution in [0.1, 0.15) is 30.0 Å². The van der Waals surface area contributed by atoms with Crippen molar-refractivity contribution in [2.45, 2.75) is 26.9 Å². The van der Waals surface area contributed by atoms with Crippen molar-refractivity contribution in [2.24, 2.45) is 0 Å². The van der Waals surface area contributed by atoms with E-state index < -0.39 is 0 Å². The number of aromatic nitrogens is 2. The third-order valence-corrected chi connectivity index (χ3v) is 3.50. The van der Waals surface area contributed by atoms with Crippen molar-refractivity contribution in [1.82, 2.24) is 9.97 Å². The highest BCUT2D eigenvalue weighted by molar-refractivity contribution is 5.74. The maximum absolute atomic E-state index is 6.10. The predicted octanol–water partition coefficient (Wildman–Crippen LogP) is 4.32. The first-order chi connectivity index (χ1) is 9.65. The van der Waals surface area contributed by atoms with Crippen LogP contribution in [-0.4, -0.2) is 9.97 Å². The lowest BCUT2D eigenvalue weighted by molar-refractivity contribution is 0.215. The largest absolute Gasteiger partial charge is 0.482 e. The van der Waals surface area contributed by atoms with Gasteiger partial charge < -0.3 is 9.72 Å². The smallest absolute Gasteiger partial charge is 0.153 e. The molecule has 3 heteroatoms. The van der Waals surface area contributed by atoms with E-state index in [0.29, 0.717) is 0 Å². The second-order valence-corrected chi connectivity index (χ2v) is 5.12. The maximum Gasteiger partial charge on any atom is 0.153 e. The SMILES string of the molecule is Cc1cccc(C)c1O[C@@H](C)c1nc2ccccc2[nH]1. The van der Waals surface area contributed by atoms with E-state index in [0.717, 1.165) is 33.7 Å². The lowest BCUT2D eigenvalue weighted by atomic mass is 10.1. The molecule has 1 heterocycles. The molecule has 0 aliphatic heterocycles. The van der Waals surface area contributed by atoms with Gasteiger partial charge in [-0.25, -0.2) is 4.98 Å². The van der Waals surface area contributed by atoms with Crippen LogP contribution in [-0.2, 0) is 0 Å². The van der Waals surface area contributed by atoms with Gasteiger partial charge in [-0.3, -0.25) is 0 Å². The van der Waals surface area contributed by atoms with Crippen molar-refractivity contribution >= 4 is 11.0 Å². The Morgan fingerprint density at radius 3 is 2.40 bits per heavy atom. The summed E-state index contributed by atoms with van der Waals surface area (Å²) in [7, 11) is 0. The van der Waals surface area contributed by atoms with Gasteiger partial charge in [0.15, 0.2) is 6.10 Å². The lowest BCUT2D eigenvalue weighted by Crippen LogP contribution is -2.07. The van der Waals surface area contributed by atoms with Gasteiger partial charge in [0.1, 0.15) is 11.6 Å². The summed E-state index contributed by atoms with van der Waals surface area (Å²) in [4.78, 5) is 7.91. The molecule has 0 unspecified atom stereocenters. The molecule has 3 nitrogen and oxygen atoms in total. The van der Waals surface area contributed by atoms with Gasteiger partial charge in [0.25, 0.3) is 0 Å². The molecule has 0 spiro atoms. The molecule has 0 bridgehead atoms. The second kappa shape index (κ2) is 5.00. The summed E-state index contributed by atoms with van der Waals surface area (Å²) in [6, 6.07) is 14.2. The van der Waals surface area contributed by atoms with Crippen LogP contribution in [0.3, 0.4) is 0 Å². The van der Waals surface area contributed by atoms with Gasteiger partial charge in [-0.1, -0.05) is 30.3 Å². The molecule has 0 radical (unpaired) electrons. The van der Waals surface area contributed by atoms with Crippen LogP contribution in [0.4, 0.5) is 0 Å².